The van der Waals surface area contributed by atoms with E-state index in [0.717, 1.165) is 0 Å². The maximum absolute atomic E-state index is 10.2. The van der Waals surface area contributed by atoms with Crippen molar-refractivity contribution in [3.8, 4) is 0 Å². The molecule has 0 saturated carbocycles. The molecule has 1 unspecified atom stereocenters. The third-order valence-corrected chi connectivity index (χ3v) is 3.81. The second-order valence-electron chi connectivity index (χ2n) is 4.72. The fraction of sp³-hybridized carbons (Fsp3) is 0.250. The number of hydrogen-bond acceptors (Lipinski definition) is 2. The van der Waals surface area contributed by atoms with E-state index in [-0.39, 0.29) is 6.04 Å². The third-order valence-electron chi connectivity index (χ3n) is 3.23. The molecular formula is C16H17Cl2NO. The van der Waals surface area contributed by atoms with Gasteiger partial charge in [-0.15, -0.1) is 0 Å². The van der Waals surface area contributed by atoms with Crippen molar-refractivity contribution in [1.82, 2.24) is 5.32 Å². The van der Waals surface area contributed by atoms with Crippen molar-refractivity contribution in [1.29, 1.82) is 0 Å². The number of hydrogen-bond donors (Lipinski definition) is 2. The van der Waals surface area contributed by atoms with Crippen molar-refractivity contribution in [2.75, 3.05) is 6.54 Å². The van der Waals surface area contributed by atoms with Crippen LogP contribution in [0.2, 0.25) is 10.0 Å². The van der Waals surface area contributed by atoms with Crippen LogP contribution >= 0.6 is 23.2 Å². The molecule has 2 nitrogen and oxygen atoms in total. The van der Waals surface area contributed by atoms with E-state index in [1.54, 1.807) is 18.2 Å². The topological polar surface area (TPSA) is 32.3 Å². The quantitative estimate of drug-likeness (QED) is 0.859. The first-order chi connectivity index (χ1) is 9.58. The molecular weight excluding hydrogens is 293 g/mol. The Morgan fingerprint density at radius 2 is 1.80 bits per heavy atom. The summed E-state index contributed by atoms with van der Waals surface area (Å²) in [6.07, 6.45) is -0.688. The number of aliphatic hydroxyl groups excluding tert-OH is 1. The second-order valence-corrected chi connectivity index (χ2v) is 5.57. The summed E-state index contributed by atoms with van der Waals surface area (Å²) in [5.41, 5.74) is 1.82. The van der Waals surface area contributed by atoms with Crippen molar-refractivity contribution >= 4 is 23.2 Å². The highest BCUT2D eigenvalue weighted by Gasteiger charge is 2.13. The van der Waals surface area contributed by atoms with Crippen LogP contribution in [0, 0.1) is 0 Å². The van der Waals surface area contributed by atoms with Gasteiger partial charge in [0.2, 0.25) is 0 Å². The molecule has 0 radical (unpaired) electrons. The van der Waals surface area contributed by atoms with E-state index in [2.05, 4.69) is 24.4 Å². The van der Waals surface area contributed by atoms with Crippen LogP contribution in [0.5, 0.6) is 0 Å². The predicted molar refractivity (Wildman–Crippen MR) is 84.3 cm³/mol. The van der Waals surface area contributed by atoms with Crippen LogP contribution in [-0.2, 0) is 0 Å². The van der Waals surface area contributed by atoms with Crippen molar-refractivity contribution in [2.24, 2.45) is 0 Å². The van der Waals surface area contributed by atoms with Crippen molar-refractivity contribution in [2.45, 2.75) is 19.1 Å². The van der Waals surface area contributed by atoms with Gasteiger partial charge in [0.15, 0.2) is 0 Å². The van der Waals surface area contributed by atoms with Gasteiger partial charge >= 0.3 is 0 Å². The summed E-state index contributed by atoms with van der Waals surface area (Å²) in [7, 11) is 0. The van der Waals surface area contributed by atoms with Gasteiger partial charge in [0.25, 0.3) is 0 Å². The zero-order valence-electron chi connectivity index (χ0n) is 11.2. The minimum atomic E-state index is -0.688. The molecule has 0 amide bonds. The summed E-state index contributed by atoms with van der Waals surface area (Å²) in [4.78, 5) is 0. The molecule has 2 atom stereocenters. The van der Waals surface area contributed by atoms with Gasteiger partial charge in [-0.2, -0.15) is 0 Å². The van der Waals surface area contributed by atoms with Crippen molar-refractivity contribution in [3.05, 3.63) is 69.7 Å². The number of nitrogens with one attached hydrogen (secondary N) is 1. The average Bonchev–Trinajstić information content (AvgIpc) is 2.47. The highest BCUT2D eigenvalue weighted by Crippen LogP contribution is 2.26. The second kappa shape index (κ2) is 7.09. The van der Waals surface area contributed by atoms with Gasteiger partial charge in [0.1, 0.15) is 0 Å². The SMILES string of the molecule is C[C@H](NCC(O)c1cc(Cl)ccc1Cl)c1ccccc1. The van der Waals surface area contributed by atoms with Gasteiger partial charge in [-0.05, 0) is 30.7 Å². The first kappa shape index (κ1) is 15.3. The number of benzene rings is 2. The molecule has 2 rings (SSSR count). The maximum Gasteiger partial charge on any atom is 0.0929 e. The largest absolute Gasteiger partial charge is 0.387 e. The predicted octanol–water partition coefficient (Wildman–Crippen LogP) is 4.38. The van der Waals surface area contributed by atoms with Crippen molar-refractivity contribution < 1.29 is 5.11 Å². The van der Waals surface area contributed by atoms with E-state index in [1.807, 2.05) is 18.2 Å². The Labute approximate surface area is 129 Å². The molecule has 4 heteroatoms. The molecule has 0 bridgehead atoms. The standard InChI is InChI=1S/C16H17Cl2NO/c1-11(12-5-3-2-4-6-12)19-10-16(20)14-9-13(17)7-8-15(14)18/h2-9,11,16,19-20H,10H2,1H3/t11-,16?/m0/s1. The Balaban J connectivity index is 1.98. The van der Waals surface area contributed by atoms with Gasteiger partial charge < -0.3 is 10.4 Å². The summed E-state index contributed by atoms with van der Waals surface area (Å²) in [5.74, 6) is 0. The zero-order chi connectivity index (χ0) is 14.5. The Bertz CT molecular complexity index is 560. The van der Waals surface area contributed by atoms with E-state index >= 15 is 0 Å². The van der Waals surface area contributed by atoms with Crippen LogP contribution in [0.4, 0.5) is 0 Å². The van der Waals surface area contributed by atoms with Crippen LogP contribution < -0.4 is 5.32 Å². The fourth-order valence-corrected chi connectivity index (χ4v) is 2.45. The molecule has 0 heterocycles. The molecule has 106 valence electrons. The number of aliphatic hydroxyl groups is 1. The smallest absolute Gasteiger partial charge is 0.0929 e. The van der Waals surface area contributed by atoms with E-state index < -0.39 is 6.10 Å². The molecule has 0 fully saturated rings. The minimum Gasteiger partial charge on any atom is -0.387 e. The van der Waals surface area contributed by atoms with Gasteiger partial charge in [0, 0.05) is 28.2 Å². The summed E-state index contributed by atoms with van der Waals surface area (Å²) < 4.78 is 0. The highest BCUT2D eigenvalue weighted by molar-refractivity contribution is 6.33. The average molecular weight is 310 g/mol. The number of rotatable bonds is 5. The summed E-state index contributed by atoms with van der Waals surface area (Å²) in [6, 6.07) is 15.3. The molecule has 0 aliphatic carbocycles. The van der Waals surface area contributed by atoms with Crippen LogP contribution in [0.1, 0.15) is 30.2 Å². The van der Waals surface area contributed by atoms with Crippen LogP contribution in [-0.4, -0.2) is 11.7 Å². The molecule has 20 heavy (non-hydrogen) atoms. The van der Waals surface area contributed by atoms with Gasteiger partial charge in [-0.1, -0.05) is 53.5 Å². The van der Waals surface area contributed by atoms with Gasteiger partial charge in [0.05, 0.1) is 6.10 Å². The minimum absolute atomic E-state index is 0.156. The molecule has 0 saturated heterocycles. The lowest BCUT2D eigenvalue weighted by molar-refractivity contribution is 0.171. The first-order valence-electron chi connectivity index (χ1n) is 6.49. The molecule has 0 aliphatic rings. The molecule has 2 N–H and O–H groups in total. The first-order valence-corrected chi connectivity index (χ1v) is 7.25. The molecule has 2 aromatic carbocycles. The monoisotopic (exact) mass is 309 g/mol. The van der Waals surface area contributed by atoms with Crippen LogP contribution in [0.15, 0.2) is 48.5 Å². The molecule has 0 aromatic heterocycles. The lowest BCUT2D eigenvalue weighted by atomic mass is 10.1. The van der Waals surface area contributed by atoms with Gasteiger partial charge in [-0.25, -0.2) is 0 Å². The fourth-order valence-electron chi connectivity index (χ4n) is 2.03. The zero-order valence-corrected chi connectivity index (χ0v) is 12.7. The summed E-state index contributed by atoms with van der Waals surface area (Å²) >= 11 is 12.0. The number of halogens is 2. The summed E-state index contributed by atoms with van der Waals surface area (Å²) in [6.45, 7) is 2.47. The van der Waals surface area contributed by atoms with Gasteiger partial charge in [-0.3, -0.25) is 0 Å². The van der Waals surface area contributed by atoms with Crippen LogP contribution in [0.3, 0.4) is 0 Å². The maximum atomic E-state index is 10.2. The van der Waals surface area contributed by atoms with E-state index in [0.29, 0.717) is 22.2 Å². The van der Waals surface area contributed by atoms with E-state index in [9.17, 15) is 5.11 Å². The highest BCUT2D eigenvalue weighted by atomic mass is 35.5. The lowest BCUT2D eigenvalue weighted by Crippen LogP contribution is -2.24. The normalized spacial score (nSPS) is 14.0. The molecule has 0 spiro atoms. The Hall–Kier alpha value is -1.06. The lowest BCUT2D eigenvalue weighted by Gasteiger charge is -2.18. The molecule has 0 aliphatic heterocycles. The van der Waals surface area contributed by atoms with Crippen molar-refractivity contribution in [3.63, 3.8) is 0 Å². The Kier molecular flexibility index (Phi) is 5.44. The Morgan fingerprint density at radius 3 is 2.50 bits per heavy atom. The van der Waals surface area contributed by atoms with Crippen LogP contribution in [0.25, 0.3) is 0 Å². The Morgan fingerprint density at radius 1 is 1.10 bits per heavy atom. The third kappa shape index (κ3) is 3.97. The molecule has 2 aromatic rings. The van der Waals surface area contributed by atoms with E-state index in [1.165, 1.54) is 5.56 Å². The van der Waals surface area contributed by atoms with E-state index in [4.69, 9.17) is 23.2 Å². The summed E-state index contributed by atoms with van der Waals surface area (Å²) in [5, 5.41) is 14.6.